The first-order valence-corrected chi connectivity index (χ1v) is 6.78. The van der Waals surface area contributed by atoms with Gasteiger partial charge in [-0.1, -0.05) is 0 Å². The maximum Gasteiger partial charge on any atom is 0.256 e. The van der Waals surface area contributed by atoms with Gasteiger partial charge in [-0.05, 0) is 18.2 Å². The van der Waals surface area contributed by atoms with Crippen LogP contribution in [0.5, 0.6) is 0 Å². The summed E-state index contributed by atoms with van der Waals surface area (Å²) in [6.07, 6.45) is 0. The lowest BCUT2D eigenvalue weighted by Gasteiger charge is -2.34. The van der Waals surface area contributed by atoms with Crippen LogP contribution < -0.4 is 11.1 Å². The van der Waals surface area contributed by atoms with Gasteiger partial charge in [0.1, 0.15) is 5.82 Å². The Morgan fingerprint density at radius 1 is 1.29 bits per heavy atom. The summed E-state index contributed by atoms with van der Waals surface area (Å²) >= 11 is 0. The quantitative estimate of drug-likeness (QED) is 0.764. The number of nitrogens with one attached hydrogen (secondary N) is 1. The molecule has 2 rings (SSSR count). The molecule has 6 nitrogen and oxygen atoms in total. The first-order chi connectivity index (χ1) is 10.0. The highest BCUT2D eigenvalue weighted by Gasteiger charge is 2.24. The minimum absolute atomic E-state index is 0.0517. The minimum atomic E-state index is -0.481. The lowest BCUT2D eigenvalue weighted by Crippen LogP contribution is -2.51. The second-order valence-electron chi connectivity index (χ2n) is 4.97. The number of anilines is 1. The molecule has 1 aliphatic heterocycles. The van der Waals surface area contributed by atoms with Crippen LogP contribution in [0, 0.1) is 5.82 Å². The van der Waals surface area contributed by atoms with Gasteiger partial charge in [-0.2, -0.15) is 0 Å². The van der Waals surface area contributed by atoms with Crippen LogP contribution in [-0.2, 0) is 4.79 Å². The van der Waals surface area contributed by atoms with Gasteiger partial charge in [-0.15, -0.1) is 0 Å². The molecule has 3 N–H and O–H groups in total. The van der Waals surface area contributed by atoms with Crippen molar-refractivity contribution in [2.75, 3.05) is 45.5 Å². The van der Waals surface area contributed by atoms with Gasteiger partial charge in [0, 0.05) is 38.9 Å². The fourth-order valence-electron chi connectivity index (χ4n) is 2.28. The van der Waals surface area contributed by atoms with Gasteiger partial charge in [0.15, 0.2) is 0 Å². The van der Waals surface area contributed by atoms with E-state index in [1.165, 1.54) is 12.1 Å². The van der Waals surface area contributed by atoms with Crippen LogP contribution in [-0.4, -0.2) is 61.4 Å². The van der Waals surface area contributed by atoms with Crippen LogP contribution in [0.25, 0.3) is 0 Å². The fraction of sp³-hybridized carbons (Fsp3) is 0.429. The molecule has 1 fully saturated rings. The summed E-state index contributed by atoms with van der Waals surface area (Å²) in [6.45, 7) is 2.51. The van der Waals surface area contributed by atoms with Gasteiger partial charge in [0.05, 0.1) is 12.1 Å². The van der Waals surface area contributed by atoms with Gasteiger partial charge >= 0.3 is 0 Å². The van der Waals surface area contributed by atoms with Gasteiger partial charge < -0.3 is 16.0 Å². The summed E-state index contributed by atoms with van der Waals surface area (Å²) in [4.78, 5) is 27.2. The number of benzene rings is 1. The normalized spacial score (nSPS) is 15.8. The molecule has 0 aliphatic carbocycles. The molecule has 1 heterocycles. The van der Waals surface area contributed by atoms with Crippen molar-refractivity contribution >= 4 is 17.5 Å². The average Bonchev–Trinajstić information content (AvgIpc) is 2.49. The predicted molar refractivity (Wildman–Crippen MR) is 77.2 cm³/mol. The zero-order chi connectivity index (χ0) is 15.4. The molecule has 0 atom stereocenters. The molecular weight excluding hydrogens is 275 g/mol. The topological polar surface area (TPSA) is 78.7 Å². The number of carbonyl (C=O) groups excluding carboxylic acids is 2. The van der Waals surface area contributed by atoms with Crippen molar-refractivity contribution in [3.8, 4) is 0 Å². The Labute approximate surface area is 122 Å². The van der Waals surface area contributed by atoms with E-state index in [1.54, 1.807) is 11.9 Å². The summed E-state index contributed by atoms with van der Waals surface area (Å²) in [6, 6.07) is 3.78. The summed E-state index contributed by atoms with van der Waals surface area (Å²) in [5.74, 6) is -0.804. The van der Waals surface area contributed by atoms with E-state index in [4.69, 9.17) is 5.73 Å². The standard InChI is InChI=1S/C14H19FN4O2/c1-17-13(20)9-18-4-6-19(7-5-18)14(21)11-8-10(15)2-3-12(11)16/h2-3,8H,4-7,9,16H2,1H3,(H,17,20). The molecule has 1 aliphatic rings. The fourth-order valence-corrected chi connectivity index (χ4v) is 2.28. The monoisotopic (exact) mass is 294 g/mol. The van der Waals surface area contributed by atoms with Crippen molar-refractivity contribution in [3.63, 3.8) is 0 Å². The molecule has 0 saturated carbocycles. The Balaban J connectivity index is 1.97. The number of halogens is 1. The molecule has 2 amide bonds. The minimum Gasteiger partial charge on any atom is -0.398 e. The Morgan fingerprint density at radius 3 is 2.57 bits per heavy atom. The number of hydrogen-bond donors (Lipinski definition) is 2. The third-order valence-corrected chi connectivity index (χ3v) is 3.55. The molecule has 1 saturated heterocycles. The van der Waals surface area contributed by atoms with Crippen molar-refractivity contribution in [1.29, 1.82) is 0 Å². The van der Waals surface area contributed by atoms with E-state index in [-0.39, 0.29) is 23.1 Å². The van der Waals surface area contributed by atoms with Crippen LogP contribution >= 0.6 is 0 Å². The summed E-state index contributed by atoms with van der Waals surface area (Å²) in [5, 5.41) is 2.57. The van der Waals surface area contributed by atoms with Crippen LogP contribution in [0.4, 0.5) is 10.1 Å². The van der Waals surface area contributed by atoms with Gasteiger partial charge in [-0.3, -0.25) is 14.5 Å². The molecule has 7 heteroatoms. The molecule has 0 aromatic heterocycles. The van der Waals surface area contributed by atoms with Crippen LogP contribution in [0.3, 0.4) is 0 Å². The second kappa shape index (κ2) is 6.53. The van der Waals surface area contributed by atoms with Crippen molar-refractivity contribution in [3.05, 3.63) is 29.6 Å². The smallest absolute Gasteiger partial charge is 0.256 e. The number of amides is 2. The van der Waals surface area contributed by atoms with Crippen molar-refractivity contribution in [2.24, 2.45) is 0 Å². The van der Waals surface area contributed by atoms with Gasteiger partial charge in [-0.25, -0.2) is 4.39 Å². The number of nitrogens with zero attached hydrogens (tertiary/aromatic N) is 2. The van der Waals surface area contributed by atoms with E-state index in [2.05, 4.69) is 5.32 Å². The van der Waals surface area contributed by atoms with E-state index in [9.17, 15) is 14.0 Å². The van der Waals surface area contributed by atoms with Gasteiger partial charge in [0.25, 0.3) is 5.91 Å². The Hall–Kier alpha value is -2.15. The van der Waals surface area contributed by atoms with Crippen molar-refractivity contribution < 1.29 is 14.0 Å². The average molecular weight is 294 g/mol. The lowest BCUT2D eigenvalue weighted by molar-refractivity contribution is -0.122. The van der Waals surface area contributed by atoms with Crippen LogP contribution in [0.2, 0.25) is 0 Å². The van der Waals surface area contributed by atoms with E-state index in [0.717, 1.165) is 6.07 Å². The molecule has 0 spiro atoms. The molecule has 114 valence electrons. The Bertz CT molecular complexity index is 542. The zero-order valence-corrected chi connectivity index (χ0v) is 11.9. The van der Waals surface area contributed by atoms with E-state index < -0.39 is 5.82 Å². The largest absolute Gasteiger partial charge is 0.398 e. The van der Waals surface area contributed by atoms with Crippen LogP contribution in [0.15, 0.2) is 18.2 Å². The maximum atomic E-state index is 13.2. The van der Waals surface area contributed by atoms with Crippen LogP contribution in [0.1, 0.15) is 10.4 Å². The van der Waals surface area contributed by atoms with E-state index in [1.807, 2.05) is 4.90 Å². The first-order valence-electron chi connectivity index (χ1n) is 6.78. The maximum absolute atomic E-state index is 13.2. The number of piperazine rings is 1. The highest BCUT2D eigenvalue weighted by molar-refractivity contribution is 5.99. The first kappa shape index (κ1) is 15.2. The number of likely N-dealkylation sites (N-methyl/N-ethyl adjacent to an activating group) is 1. The zero-order valence-electron chi connectivity index (χ0n) is 11.9. The van der Waals surface area contributed by atoms with Gasteiger partial charge in [0.2, 0.25) is 5.91 Å². The van der Waals surface area contributed by atoms with E-state index >= 15 is 0 Å². The highest BCUT2D eigenvalue weighted by atomic mass is 19.1. The van der Waals surface area contributed by atoms with E-state index in [0.29, 0.717) is 32.7 Å². The predicted octanol–water partition coefficient (Wildman–Crippen LogP) is -0.0883. The number of rotatable bonds is 3. The summed E-state index contributed by atoms with van der Waals surface area (Å²) in [5.41, 5.74) is 6.19. The summed E-state index contributed by atoms with van der Waals surface area (Å²) in [7, 11) is 1.59. The lowest BCUT2D eigenvalue weighted by atomic mass is 10.1. The Kier molecular flexibility index (Phi) is 4.74. The second-order valence-corrected chi connectivity index (χ2v) is 4.97. The number of nitrogens with two attached hydrogens (primary N) is 1. The SMILES string of the molecule is CNC(=O)CN1CCN(C(=O)c2cc(F)ccc2N)CC1. The molecular formula is C14H19FN4O2. The third-order valence-electron chi connectivity index (χ3n) is 3.55. The van der Waals surface area contributed by atoms with Crippen molar-refractivity contribution in [1.82, 2.24) is 15.1 Å². The van der Waals surface area contributed by atoms with Crippen molar-refractivity contribution in [2.45, 2.75) is 0 Å². The molecule has 1 aromatic carbocycles. The highest BCUT2D eigenvalue weighted by Crippen LogP contribution is 2.17. The molecule has 0 unspecified atom stereocenters. The number of hydrogen-bond acceptors (Lipinski definition) is 4. The Morgan fingerprint density at radius 2 is 1.95 bits per heavy atom. The molecule has 21 heavy (non-hydrogen) atoms. The molecule has 0 radical (unpaired) electrons. The number of carbonyl (C=O) groups is 2. The molecule has 0 bridgehead atoms. The summed E-state index contributed by atoms with van der Waals surface area (Å²) < 4.78 is 13.2. The number of nitrogen functional groups attached to an aromatic ring is 1. The molecule has 1 aromatic rings. The third kappa shape index (κ3) is 3.69.